The fourth-order valence-corrected chi connectivity index (χ4v) is 2.32. The number of hydrogen-bond donors (Lipinski definition) is 1. The van der Waals surface area contributed by atoms with Crippen molar-refractivity contribution in [1.82, 2.24) is 5.32 Å². The zero-order valence-corrected chi connectivity index (χ0v) is 9.64. The highest BCUT2D eigenvalue weighted by Crippen LogP contribution is 2.32. The fourth-order valence-electron chi connectivity index (χ4n) is 2.32. The van der Waals surface area contributed by atoms with Gasteiger partial charge in [-0.15, -0.1) is 0 Å². The Morgan fingerprint density at radius 3 is 2.54 bits per heavy atom. The lowest BCUT2D eigenvalue weighted by atomic mass is 9.75. The molecule has 1 aliphatic rings. The van der Waals surface area contributed by atoms with Gasteiger partial charge in [-0.2, -0.15) is 0 Å². The molecule has 0 saturated heterocycles. The Labute approximate surface area is 83.3 Å². The SMILES string of the molecule is CC1CCC(C)C(CNC(C)C)C1. The number of hydrogen-bond acceptors (Lipinski definition) is 1. The summed E-state index contributed by atoms with van der Waals surface area (Å²) >= 11 is 0. The van der Waals surface area contributed by atoms with Crippen molar-refractivity contribution in [2.45, 2.75) is 53.0 Å². The fraction of sp³-hybridized carbons (Fsp3) is 1.00. The molecule has 1 N–H and O–H groups in total. The quantitative estimate of drug-likeness (QED) is 0.709. The molecule has 0 aromatic heterocycles. The molecule has 78 valence electrons. The molecular formula is C12H25N. The summed E-state index contributed by atoms with van der Waals surface area (Å²) in [5, 5.41) is 3.57. The van der Waals surface area contributed by atoms with E-state index in [2.05, 4.69) is 33.0 Å². The third kappa shape index (κ3) is 3.68. The van der Waals surface area contributed by atoms with Gasteiger partial charge in [-0.25, -0.2) is 0 Å². The van der Waals surface area contributed by atoms with Gasteiger partial charge < -0.3 is 5.32 Å². The van der Waals surface area contributed by atoms with Crippen LogP contribution in [0.5, 0.6) is 0 Å². The zero-order valence-electron chi connectivity index (χ0n) is 9.64. The molecule has 0 aromatic carbocycles. The van der Waals surface area contributed by atoms with Crippen molar-refractivity contribution < 1.29 is 0 Å². The van der Waals surface area contributed by atoms with Gasteiger partial charge >= 0.3 is 0 Å². The molecule has 1 nitrogen and oxygen atoms in total. The normalized spacial score (nSPS) is 35.3. The maximum absolute atomic E-state index is 3.57. The lowest BCUT2D eigenvalue weighted by Gasteiger charge is -2.33. The highest BCUT2D eigenvalue weighted by molar-refractivity contribution is 4.77. The Bertz CT molecular complexity index is 142. The molecule has 0 aliphatic heterocycles. The van der Waals surface area contributed by atoms with Crippen molar-refractivity contribution in [2.75, 3.05) is 6.54 Å². The summed E-state index contributed by atoms with van der Waals surface area (Å²) in [6.45, 7) is 10.5. The van der Waals surface area contributed by atoms with E-state index < -0.39 is 0 Å². The molecular weight excluding hydrogens is 158 g/mol. The van der Waals surface area contributed by atoms with E-state index in [0.29, 0.717) is 6.04 Å². The molecule has 0 heterocycles. The van der Waals surface area contributed by atoms with Crippen LogP contribution in [0.2, 0.25) is 0 Å². The van der Waals surface area contributed by atoms with Gasteiger partial charge in [0.1, 0.15) is 0 Å². The zero-order chi connectivity index (χ0) is 9.84. The molecule has 1 saturated carbocycles. The van der Waals surface area contributed by atoms with E-state index in [9.17, 15) is 0 Å². The van der Waals surface area contributed by atoms with Crippen molar-refractivity contribution in [3.05, 3.63) is 0 Å². The molecule has 1 heteroatoms. The van der Waals surface area contributed by atoms with Crippen LogP contribution in [-0.2, 0) is 0 Å². The average molecular weight is 183 g/mol. The number of rotatable bonds is 3. The Balaban J connectivity index is 2.29. The van der Waals surface area contributed by atoms with E-state index in [1.165, 1.54) is 25.8 Å². The highest BCUT2D eigenvalue weighted by Gasteiger charge is 2.24. The monoisotopic (exact) mass is 183 g/mol. The molecule has 3 unspecified atom stereocenters. The van der Waals surface area contributed by atoms with Crippen molar-refractivity contribution >= 4 is 0 Å². The van der Waals surface area contributed by atoms with E-state index in [-0.39, 0.29) is 0 Å². The second kappa shape index (κ2) is 4.99. The third-order valence-corrected chi connectivity index (χ3v) is 3.41. The third-order valence-electron chi connectivity index (χ3n) is 3.41. The van der Waals surface area contributed by atoms with Crippen LogP contribution in [0.1, 0.15) is 47.0 Å². The lowest BCUT2D eigenvalue weighted by Crippen LogP contribution is -2.34. The van der Waals surface area contributed by atoms with Gasteiger partial charge in [-0.3, -0.25) is 0 Å². The molecule has 0 bridgehead atoms. The Morgan fingerprint density at radius 2 is 1.92 bits per heavy atom. The standard InChI is InChI=1S/C12H25N/c1-9(2)13-8-12-7-10(3)5-6-11(12)4/h9-13H,5-8H2,1-4H3. The van der Waals surface area contributed by atoms with Crippen LogP contribution < -0.4 is 5.32 Å². The lowest BCUT2D eigenvalue weighted by molar-refractivity contribution is 0.196. The van der Waals surface area contributed by atoms with E-state index in [4.69, 9.17) is 0 Å². The van der Waals surface area contributed by atoms with Crippen LogP contribution >= 0.6 is 0 Å². The summed E-state index contributed by atoms with van der Waals surface area (Å²) in [5.41, 5.74) is 0. The van der Waals surface area contributed by atoms with Crippen molar-refractivity contribution in [1.29, 1.82) is 0 Å². The highest BCUT2D eigenvalue weighted by atomic mass is 14.9. The maximum atomic E-state index is 3.57. The van der Waals surface area contributed by atoms with Crippen molar-refractivity contribution in [2.24, 2.45) is 17.8 Å². The molecule has 3 atom stereocenters. The summed E-state index contributed by atoms with van der Waals surface area (Å²) in [7, 11) is 0. The summed E-state index contributed by atoms with van der Waals surface area (Å²) in [5.74, 6) is 2.81. The van der Waals surface area contributed by atoms with E-state index >= 15 is 0 Å². The van der Waals surface area contributed by atoms with Gasteiger partial charge in [0.15, 0.2) is 0 Å². The molecule has 0 aromatic rings. The van der Waals surface area contributed by atoms with Crippen LogP contribution in [0.25, 0.3) is 0 Å². The minimum Gasteiger partial charge on any atom is -0.314 e. The van der Waals surface area contributed by atoms with Crippen LogP contribution in [0.4, 0.5) is 0 Å². The largest absolute Gasteiger partial charge is 0.314 e. The first-order chi connectivity index (χ1) is 6.09. The second-order valence-corrected chi connectivity index (χ2v) is 5.22. The molecule has 13 heavy (non-hydrogen) atoms. The van der Waals surface area contributed by atoms with Crippen LogP contribution in [0, 0.1) is 17.8 Å². The predicted molar refractivity (Wildman–Crippen MR) is 58.8 cm³/mol. The Hall–Kier alpha value is -0.0400. The first-order valence-corrected chi connectivity index (χ1v) is 5.83. The molecule has 1 aliphatic carbocycles. The Morgan fingerprint density at radius 1 is 1.23 bits per heavy atom. The molecule has 0 radical (unpaired) electrons. The minimum atomic E-state index is 0.643. The van der Waals surface area contributed by atoms with Crippen LogP contribution in [0.3, 0.4) is 0 Å². The van der Waals surface area contributed by atoms with E-state index in [1.54, 1.807) is 0 Å². The van der Waals surface area contributed by atoms with Crippen molar-refractivity contribution in [3.8, 4) is 0 Å². The first-order valence-electron chi connectivity index (χ1n) is 5.83. The predicted octanol–water partition coefficient (Wildman–Crippen LogP) is 3.06. The molecule has 1 rings (SSSR count). The van der Waals surface area contributed by atoms with Gasteiger partial charge in [0.25, 0.3) is 0 Å². The first kappa shape index (κ1) is 11.0. The smallest absolute Gasteiger partial charge is 0.00104 e. The average Bonchev–Trinajstić information content (AvgIpc) is 2.06. The summed E-state index contributed by atoms with van der Waals surface area (Å²) in [6.07, 6.45) is 4.31. The van der Waals surface area contributed by atoms with Gasteiger partial charge in [0, 0.05) is 6.04 Å². The second-order valence-electron chi connectivity index (χ2n) is 5.22. The van der Waals surface area contributed by atoms with Gasteiger partial charge in [-0.05, 0) is 30.7 Å². The minimum absolute atomic E-state index is 0.643. The van der Waals surface area contributed by atoms with Crippen molar-refractivity contribution in [3.63, 3.8) is 0 Å². The molecule has 0 amide bonds. The Kier molecular flexibility index (Phi) is 4.24. The topological polar surface area (TPSA) is 12.0 Å². The maximum Gasteiger partial charge on any atom is 0.00104 e. The van der Waals surface area contributed by atoms with Gasteiger partial charge in [0.05, 0.1) is 0 Å². The summed E-state index contributed by atoms with van der Waals surface area (Å²) < 4.78 is 0. The van der Waals surface area contributed by atoms with Crippen LogP contribution in [0.15, 0.2) is 0 Å². The summed E-state index contributed by atoms with van der Waals surface area (Å²) in [6, 6.07) is 0.643. The molecule has 0 spiro atoms. The molecule has 1 fully saturated rings. The summed E-state index contributed by atoms with van der Waals surface area (Å²) in [4.78, 5) is 0. The van der Waals surface area contributed by atoms with Gasteiger partial charge in [-0.1, -0.05) is 40.5 Å². The van der Waals surface area contributed by atoms with E-state index in [0.717, 1.165) is 17.8 Å². The van der Waals surface area contributed by atoms with Crippen LogP contribution in [-0.4, -0.2) is 12.6 Å². The van der Waals surface area contributed by atoms with Gasteiger partial charge in [0.2, 0.25) is 0 Å². The number of nitrogens with one attached hydrogen (secondary N) is 1. The van der Waals surface area contributed by atoms with E-state index in [1.807, 2.05) is 0 Å².